The molecule has 1 amide bonds. The number of halogens is 2. The summed E-state index contributed by atoms with van der Waals surface area (Å²) in [5.41, 5.74) is 0.425. The van der Waals surface area contributed by atoms with Crippen LogP contribution in [0.4, 0.5) is 8.78 Å². The molecule has 0 aromatic heterocycles. The third-order valence-corrected chi connectivity index (χ3v) is 2.04. The quantitative estimate of drug-likeness (QED) is 0.644. The summed E-state index contributed by atoms with van der Waals surface area (Å²) < 4.78 is 25.8. The van der Waals surface area contributed by atoms with E-state index in [1.165, 1.54) is 6.07 Å². The second-order valence-corrected chi connectivity index (χ2v) is 2.93. The van der Waals surface area contributed by atoms with Gasteiger partial charge in [-0.25, -0.2) is 8.78 Å². The van der Waals surface area contributed by atoms with Crippen molar-refractivity contribution in [2.24, 2.45) is 0 Å². The molecule has 0 fully saturated rings. The summed E-state index contributed by atoms with van der Waals surface area (Å²) in [6.45, 7) is 0.439. The molecule has 0 aliphatic carbocycles. The van der Waals surface area contributed by atoms with Gasteiger partial charge in [-0.1, -0.05) is 0 Å². The molecule has 1 heterocycles. The molecule has 2 rings (SSSR count). The Morgan fingerprint density at radius 1 is 1.31 bits per heavy atom. The van der Waals surface area contributed by atoms with Crippen molar-refractivity contribution in [3.05, 3.63) is 34.9 Å². The van der Waals surface area contributed by atoms with Crippen LogP contribution in [0.25, 0.3) is 0 Å². The van der Waals surface area contributed by atoms with E-state index in [1.54, 1.807) is 0 Å². The summed E-state index contributed by atoms with van der Waals surface area (Å²) in [4.78, 5) is 11.1. The number of fused-ring (bicyclic) bond motifs is 1. The number of hydrogen-bond donors (Lipinski definition) is 1. The number of benzene rings is 1. The second-order valence-electron chi connectivity index (χ2n) is 2.93. The maximum absolute atomic E-state index is 13.1. The summed E-state index contributed by atoms with van der Waals surface area (Å²) in [5, 5.41) is 2.50. The SMILES string of the molecule is O=C1NCCc2cc(F)cc(F)c21. The third-order valence-electron chi connectivity index (χ3n) is 2.04. The molecule has 13 heavy (non-hydrogen) atoms. The van der Waals surface area contributed by atoms with Gasteiger partial charge in [-0.3, -0.25) is 4.79 Å². The first-order valence-corrected chi connectivity index (χ1v) is 3.94. The molecule has 1 aromatic rings. The smallest absolute Gasteiger partial charge is 0.254 e. The Hall–Kier alpha value is -1.45. The van der Waals surface area contributed by atoms with Crippen molar-refractivity contribution in [3.63, 3.8) is 0 Å². The standard InChI is InChI=1S/C9H7F2NO/c10-6-3-5-1-2-12-9(13)8(5)7(11)4-6/h3-4H,1-2H2,(H,12,13). The summed E-state index contributed by atoms with van der Waals surface area (Å²) >= 11 is 0. The van der Waals surface area contributed by atoms with Crippen LogP contribution in [0.2, 0.25) is 0 Å². The third kappa shape index (κ3) is 1.28. The van der Waals surface area contributed by atoms with Crippen molar-refractivity contribution >= 4 is 5.91 Å². The number of amides is 1. The lowest BCUT2D eigenvalue weighted by atomic mass is 10.00. The molecule has 0 saturated heterocycles. The molecule has 0 radical (unpaired) electrons. The summed E-state index contributed by atoms with van der Waals surface area (Å²) in [6.07, 6.45) is 0.482. The van der Waals surface area contributed by atoms with Gasteiger partial charge in [0.25, 0.3) is 5.91 Å². The number of nitrogens with one attached hydrogen (secondary N) is 1. The first kappa shape index (κ1) is 8.16. The lowest BCUT2D eigenvalue weighted by Gasteiger charge is -2.16. The van der Waals surface area contributed by atoms with E-state index in [0.29, 0.717) is 18.5 Å². The minimum atomic E-state index is -0.785. The molecule has 1 aromatic carbocycles. The highest BCUT2D eigenvalue weighted by atomic mass is 19.1. The summed E-state index contributed by atoms with van der Waals surface area (Å²) in [5.74, 6) is -1.88. The second kappa shape index (κ2) is 2.80. The topological polar surface area (TPSA) is 29.1 Å². The van der Waals surface area contributed by atoms with Crippen LogP contribution < -0.4 is 5.32 Å². The highest BCUT2D eigenvalue weighted by Gasteiger charge is 2.21. The fraction of sp³-hybridized carbons (Fsp3) is 0.222. The molecule has 0 unspecified atom stereocenters. The molecule has 0 bridgehead atoms. The van der Waals surface area contributed by atoms with E-state index in [0.717, 1.165) is 6.07 Å². The van der Waals surface area contributed by atoms with Crippen LogP contribution in [-0.2, 0) is 6.42 Å². The Morgan fingerprint density at radius 3 is 2.85 bits per heavy atom. The predicted molar refractivity (Wildman–Crippen MR) is 42.4 cm³/mol. The van der Waals surface area contributed by atoms with Crippen LogP contribution in [0.1, 0.15) is 15.9 Å². The molecule has 0 saturated carbocycles. The zero-order valence-corrected chi connectivity index (χ0v) is 6.73. The van der Waals surface area contributed by atoms with E-state index < -0.39 is 17.5 Å². The highest BCUT2D eigenvalue weighted by Crippen LogP contribution is 2.18. The van der Waals surface area contributed by atoms with E-state index >= 15 is 0 Å². The van der Waals surface area contributed by atoms with Gasteiger partial charge in [-0.05, 0) is 18.1 Å². The van der Waals surface area contributed by atoms with Gasteiger partial charge < -0.3 is 5.32 Å². The minimum Gasteiger partial charge on any atom is -0.352 e. The van der Waals surface area contributed by atoms with Gasteiger partial charge in [-0.2, -0.15) is 0 Å². The maximum atomic E-state index is 13.1. The predicted octanol–water partition coefficient (Wildman–Crippen LogP) is 1.25. The van der Waals surface area contributed by atoms with Gasteiger partial charge >= 0.3 is 0 Å². The Morgan fingerprint density at radius 2 is 2.08 bits per heavy atom. The Kier molecular flexibility index (Phi) is 1.76. The molecule has 68 valence electrons. The van der Waals surface area contributed by atoms with Crippen LogP contribution in [0.3, 0.4) is 0 Å². The van der Waals surface area contributed by atoms with Gasteiger partial charge in [0, 0.05) is 12.6 Å². The van der Waals surface area contributed by atoms with Crippen LogP contribution in [0.5, 0.6) is 0 Å². The average Bonchev–Trinajstić information content (AvgIpc) is 2.02. The van der Waals surface area contributed by atoms with Crippen LogP contribution in [0.15, 0.2) is 12.1 Å². The number of rotatable bonds is 0. The molecular weight excluding hydrogens is 176 g/mol. The van der Waals surface area contributed by atoms with E-state index in [2.05, 4.69) is 5.32 Å². The van der Waals surface area contributed by atoms with Crippen molar-refractivity contribution in [1.82, 2.24) is 5.32 Å². The summed E-state index contributed by atoms with van der Waals surface area (Å²) in [6, 6.07) is 1.93. The van der Waals surface area contributed by atoms with Gasteiger partial charge in [-0.15, -0.1) is 0 Å². The zero-order valence-electron chi connectivity index (χ0n) is 6.73. The first-order chi connectivity index (χ1) is 6.18. The fourth-order valence-electron chi connectivity index (χ4n) is 1.48. The van der Waals surface area contributed by atoms with Crippen LogP contribution >= 0.6 is 0 Å². The number of carbonyl (C=O) groups excluding carboxylic acids is 1. The van der Waals surface area contributed by atoms with Gasteiger partial charge in [0.15, 0.2) is 0 Å². The van der Waals surface area contributed by atoms with Crippen molar-refractivity contribution < 1.29 is 13.6 Å². The van der Waals surface area contributed by atoms with Gasteiger partial charge in [0.05, 0.1) is 5.56 Å². The number of hydrogen-bond acceptors (Lipinski definition) is 1. The molecular formula is C9H7F2NO. The van der Waals surface area contributed by atoms with Crippen molar-refractivity contribution in [3.8, 4) is 0 Å². The Labute approximate surface area is 73.6 Å². The first-order valence-electron chi connectivity index (χ1n) is 3.94. The van der Waals surface area contributed by atoms with E-state index in [-0.39, 0.29) is 5.56 Å². The molecule has 0 spiro atoms. The Bertz CT molecular complexity index is 376. The average molecular weight is 183 g/mol. The zero-order chi connectivity index (χ0) is 9.42. The number of carbonyl (C=O) groups is 1. The monoisotopic (exact) mass is 183 g/mol. The lowest BCUT2D eigenvalue weighted by molar-refractivity contribution is 0.0941. The van der Waals surface area contributed by atoms with E-state index in [4.69, 9.17) is 0 Å². The van der Waals surface area contributed by atoms with Crippen LogP contribution in [0, 0.1) is 11.6 Å². The normalized spacial score (nSPS) is 15.1. The Balaban J connectivity index is 2.63. The minimum absolute atomic E-state index is 0.0207. The molecule has 2 nitrogen and oxygen atoms in total. The van der Waals surface area contributed by atoms with Gasteiger partial charge in [0.1, 0.15) is 11.6 Å². The molecule has 1 N–H and O–H groups in total. The maximum Gasteiger partial charge on any atom is 0.254 e. The van der Waals surface area contributed by atoms with Crippen molar-refractivity contribution in [1.29, 1.82) is 0 Å². The van der Waals surface area contributed by atoms with E-state index in [1.807, 2.05) is 0 Å². The fourth-order valence-corrected chi connectivity index (χ4v) is 1.48. The summed E-state index contributed by atoms with van der Waals surface area (Å²) in [7, 11) is 0. The van der Waals surface area contributed by atoms with Gasteiger partial charge in [0.2, 0.25) is 0 Å². The molecule has 0 atom stereocenters. The largest absolute Gasteiger partial charge is 0.352 e. The van der Waals surface area contributed by atoms with E-state index in [9.17, 15) is 13.6 Å². The lowest BCUT2D eigenvalue weighted by Crippen LogP contribution is -2.32. The van der Waals surface area contributed by atoms with Crippen molar-refractivity contribution in [2.45, 2.75) is 6.42 Å². The molecule has 4 heteroatoms. The molecule has 1 aliphatic rings. The van der Waals surface area contributed by atoms with Crippen molar-refractivity contribution in [2.75, 3.05) is 6.54 Å². The van der Waals surface area contributed by atoms with Crippen LogP contribution in [-0.4, -0.2) is 12.5 Å². The molecule has 1 aliphatic heterocycles. The highest BCUT2D eigenvalue weighted by molar-refractivity contribution is 5.96.